The number of aromatic nitrogens is 1. The third-order valence-corrected chi connectivity index (χ3v) is 6.62. The Balaban J connectivity index is 1.60. The average Bonchev–Trinajstić information content (AvgIpc) is 3.35. The molecular formula is C19H15N3O3S3. The number of thiophene rings is 1. The number of hydrogen-bond acceptors (Lipinski definition) is 8. The molecule has 1 N–H and O–H groups in total. The van der Waals surface area contributed by atoms with Gasteiger partial charge in [-0.3, -0.25) is 4.79 Å². The summed E-state index contributed by atoms with van der Waals surface area (Å²) in [4.78, 5) is 31.1. The minimum absolute atomic E-state index is 0.277. The van der Waals surface area contributed by atoms with Crippen molar-refractivity contribution >= 4 is 52.0 Å². The van der Waals surface area contributed by atoms with E-state index in [1.807, 2.05) is 35.7 Å². The number of aryl methyl sites for hydroxylation is 1. The summed E-state index contributed by atoms with van der Waals surface area (Å²) in [6, 6.07) is 13.1. The number of nitrogens with one attached hydrogen (secondary N) is 1. The normalized spacial score (nSPS) is 10.3. The van der Waals surface area contributed by atoms with Crippen molar-refractivity contribution in [1.29, 1.82) is 5.26 Å². The quantitative estimate of drug-likeness (QED) is 0.436. The van der Waals surface area contributed by atoms with Crippen LogP contribution < -0.4 is 5.32 Å². The van der Waals surface area contributed by atoms with Crippen LogP contribution in [0.1, 0.15) is 15.4 Å². The summed E-state index contributed by atoms with van der Waals surface area (Å²) in [5, 5.41) is 14.1. The Kier molecular flexibility index (Phi) is 6.81. The fourth-order valence-corrected chi connectivity index (χ4v) is 4.71. The Bertz CT molecular complexity index is 1020. The van der Waals surface area contributed by atoms with Crippen molar-refractivity contribution in [3.8, 4) is 16.0 Å². The van der Waals surface area contributed by atoms with E-state index in [4.69, 9.17) is 10.00 Å². The predicted octanol–water partition coefficient (Wildman–Crippen LogP) is 4.59. The first kappa shape index (κ1) is 20.1. The van der Waals surface area contributed by atoms with Crippen molar-refractivity contribution in [2.75, 3.05) is 17.7 Å². The first-order valence-corrected chi connectivity index (χ1v) is 10.8. The Morgan fingerprint density at radius 1 is 1.29 bits per heavy atom. The molecule has 3 aromatic rings. The maximum absolute atomic E-state index is 12.3. The SMILES string of the molecule is Cc1nc(-c2cccs2)sc1C(=O)OCC(=O)Nc1ccccc1SCC#N. The molecule has 1 aromatic carbocycles. The number of ether oxygens (including phenoxy) is 1. The van der Waals surface area contributed by atoms with E-state index in [1.54, 1.807) is 30.4 Å². The zero-order valence-electron chi connectivity index (χ0n) is 14.8. The first-order valence-electron chi connectivity index (χ1n) is 8.15. The Morgan fingerprint density at radius 2 is 2.11 bits per heavy atom. The molecule has 0 aliphatic heterocycles. The van der Waals surface area contributed by atoms with Gasteiger partial charge >= 0.3 is 5.97 Å². The summed E-state index contributed by atoms with van der Waals surface area (Å²) in [5.41, 5.74) is 1.16. The molecule has 0 radical (unpaired) electrons. The smallest absolute Gasteiger partial charge is 0.350 e. The van der Waals surface area contributed by atoms with Crippen LogP contribution >= 0.6 is 34.4 Å². The minimum atomic E-state index is -0.569. The molecule has 3 rings (SSSR count). The maximum atomic E-state index is 12.3. The van der Waals surface area contributed by atoms with E-state index in [-0.39, 0.29) is 5.75 Å². The Hall–Kier alpha value is -2.67. The van der Waals surface area contributed by atoms with E-state index >= 15 is 0 Å². The van der Waals surface area contributed by atoms with E-state index in [1.165, 1.54) is 23.1 Å². The summed E-state index contributed by atoms with van der Waals surface area (Å²) in [6.45, 7) is 1.34. The van der Waals surface area contributed by atoms with Gasteiger partial charge in [0.1, 0.15) is 9.88 Å². The van der Waals surface area contributed by atoms with Crippen molar-refractivity contribution in [2.24, 2.45) is 0 Å². The third-order valence-electron chi connectivity index (χ3n) is 3.50. The number of thiazole rings is 1. The van der Waals surface area contributed by atoms with Crippen LogP contribution in [0.4, 0.5) is 5.69 Å². The van der Waals surface area contributed by atoms with Gasteiger partial charge in [0.15, 0.2) is 6.61 Å². The summed E-state index contributed by atoms with van der Waals surface area (Å²) < 4.78 is 5.16. The lowest BCUT2D eigenvalue weighted by Crippen LogP contribution is -2.21. The number of benzene rings is 1. The molecular weight excluding hydrogens is 414 g/mol. The van der Waals surface area contributed by atoms with Gasteiger partial charge in [-0.25, -0.2) is 9.78 Å². The number of para-hydroxylation sites is 1. The molecule has 0 saturated heterocycles. The lowest BCUT2D eigenvalue weighted by atomic mass is 10.3. The van der Waals surface area contributed by atoms with Gasteiger partial charge in [0, 0.05) is 4.90 Å². The molecule has 0 spiro atoms. The Labute approximate surface area is 174 Å². The number of nitriles is 1. The third kappa shape index (κ3) is 4.98. The van der Waals surface area contributed by atoms with E-state index < -0.39 is 18.5 Å². The molecule has 2 aromatic heterocycles. The molecule has 2 heterocycles. The number of thioether (sulfide) groups is 1. The number of rotatable bonds is 7. The van der Waals surface area contributed by atoms with Crippen molar-refractivity contribution < 1.29 is 14.3 Å². The molecule has 0 aliphatic carbocycles. The molecule has 28 heavy (non-hydrogen) atoms. The molecule has 0 aliphatic rings. The van der Waals surface area contributed by atoms with Gasteiger partial charge in [0.25, 0.3) is 5.91 Å². The van der Waals surface area contributed by atoms with E-state index in [9.17, 15) is 9.59 Å². The maximum Gasteiger partial charge on any atom is 0.350 e. The molecule has 0 unspecified atom stereocenters. The lowest BCUT2D eigenvalue weighted by molar-refractivity contribution is -0.119. The number of anilines is 1. The van der Waals surface area contributed by atoms with E-state index in [2.05, 4.69) is 10.3 Å². The number of nitrogens with zero attached hydrogens (tertiary/aromatic N) is 2. The first-order chi connectivity index (χ1) is 13.6. The van der Waals surface area contributed by atoms with E-state index in [0.29, 0.717) is 16.3 Å². The van der Waals surface area contributed by atoms with Crippen molar-refractivity contribution in [3.63, 3.8) is 0 Å². The fourth-order valence-electron chi connectivity index (χ4n) is 2.28. The largest absolute Gasteiger partial charge is 0.451 e. The van der Waals surface area contributed by atoms with Crippen molar-refractivity contribution in [2.45, 2.75) is 11.8 Å². The number of esters is 1. The number of carbonyl (C=O) groups excluding carboxylic acids is 2. The molecule has 0 atom stereocenters. The standard InChI is InChI=1S/C19H15N3O3S3/c1-12-17(28-18(21-12)15-7-4-9-26-15)19(24)25-11-16(23)22-13-5-2-3-6-14(13)27-10-8-20/h2-7,9H,10-11H2,1H3,(H,22,23). The highest BCUT2D eigenvalue weighted by Crippen LogP contribution is 2.31. The van der Waals surface area contributed by atoms with Gasteiger partial charge in [0.2, 0.25) is 0 Å². The summed E-state index contributed by atoms with van der Waals surface area (Å²) in [6.07, 6.45) is 0. The topological polar surface area (TPSA) is 92.1 Å². The zero-order valence-corrected chi connectivity index (χ0v) is 17.2. The highest BCUT2D eigenvalue weighted by molar-refractivity contribution is 7.99. The van der Waals surface area contributed by atoms with Crippen LogP contribution in [-0.4, -0.2) is 29.2 Å². The van der Waals surface area contributed by atoms with Gasteiger partial charge in [-0.05, 0) is 30.5 Å². The molecule has 142 valence electrons. The molecule has 9 heteroatoms. The van der Waals surface area contributed by atoms with E-state index in [0.717, 1.165) is 14.8 Å². The molecule has 0 bridgehead atoms. The van der Waals surface area contributed by atoms with Crippen LogP contribution in [0.2, 0.25) is 0 Å². The summed E-state index contributed by atoms with van der Waals surface area (Å²) >= 11 is 4.12. The van der Waals surface area contributed by atoms with Crippen molar-refractivity contribution in [1.82, 2.24) is 4.98 Å². The van der Waals surface area contributed by atoms with Gasteiger partial charge in [-0.2, -0.15) is 5.26 Å². The summed E-state index contributed by atoms with van der Waals surface area (Å²) in [5.74, 6) is -0.738. The average molecular weight is 430 g/mol. The highest BCUT2D eigenvalue weighted by Gasteiger charge is 2.19. The lowest BCUT2D eigenvalue weighted by Gasteiger charge is -2.09. The van der Waals surface area contributed by atoms with Gasteiger partial charge in [0.05, 0.1) is 28.1 Å². The Morgan fingerprint density at radius 3 is 2.86 bits per heavy atom. The highest BCUT2D eigenvalue weighted by atomic mass is 32.2. The van der Waals surface area contributed by atoms with Gasteiger partial charge < -0.3 is 10.1 Å². The summed E-state index contributed by atoms with van der Waals surface area (Å²) in [7, 11) is 0. The fraction of sp³-hybridized carbons (Fsp3) is 0.158. The second-order valence-electron chi connectivity index (χ2n) is 5.48. The van der Waals surface area contributed by atoms with Crippen LogP contribution in [0.3, 0.4) is 0 Å². The van der Waals surface area contributed by atoms with Crippen LogP contribution in [0.5, 0.6) is 0 Å². The van der Waals surface area contributed by atoms with Crippen LogP contribution in [0.15, 0.2) is 46.7 Å². The predicted molar refractivity (Wildman–Crippen MR) is 112 cm³/mol. The monoisotopic (exact) mass is 429 g/mol. The number of amides is 1. The van der Waals surface area contributed by atoms with Gasteiger partial charge in [-0.1, -0.05) is 18.2 Å². The van der Waals surface area contributed by atoms with Crippen LogP contribution in [-0.2, 0) is 9.53 Å². The van der Waals surface area contributed by atoms with Crippen LogP contribution in [0.25, 0.3) is 9.88 Å². The second kappa shape index (κ2) is 9.50. The molecule has 6 nitrogen and oxygen atoms in total. The molecule has 0 saturated carbocycles. The van der Waals surface area contributed by atoms with Gasteiger partial charge in [-0.15, -0.1) is 34.4 Å². The zero-order chi connectivity index (χ0) is 19.9. The molecule has 1 amide bonds. The van der Waals surface area contributed by atoms with Crippen molar-refractivity contribution in [3.05, 3.63) is 52.3 Å². The number of hydrogen-bond donors (Lipinski definition) is 1. The van der Waals surface area contributed by atoms with Crippen LogP contribution in [0, 0.1) is 18.3 Å². The second-order valence-corrected chi connectivity index (χ2v) is 8.44. The minimum Gasteiger partial charge on any atom is -0.451 e. The number of carbonyl (C=O) groups is 2. The molecule has 0 fully saturated rings.